The fourth-order valence-electron chi connectivity index (χ4n) is 3.60. The minimum absolute atomic E-state index is 0.0787. The molecule has 1 aromatic heterocycles. The van der Waals surface area contributed by atoms with Gasteiger partial charge in [0.15, 0.2) is 0 Å². The number of hydrogen-bond donors (Lipinski definition) is 1. The average Bonchev–Trinajstić information content (AvgIpc) is 3.30. The number of carbonyl (C=O) groups is 1. The lowest BCUT2D eigenvalue weighted by atomic mass is 10.0. The second kappa shape index (κ2) is 7.84. The van der Waals surface area contributed by atoms with Crippen molar-refractivity contribution in [2.45, 2.75) is 32.1 Å². The molecule has 0 spiro atoms. The number of nitrogens with one attached hydrogen (secondary N) is 1. The van der Waals surface area contributed by atoms with E-state index in [9.17, 15) is 22.4 Å². The first-order chi connectivity index (χ1) is 15.0. The van der Waals surface area contributed by atoms with Gasteiger partial charge in [-0.1, -0.05) is 12.1 Å². The van der Waals surface area contributed by atoms with E-state index in [2.05, 4.69) is 25.7 Å². The Morgan fingerprint density at radius 1 is 1.31 bits per heavy atom. The molecule has 2 aromatic rings. The summed E-state index contributed by atoms with van der Waals surface area (Å²) in [5.41, 5.74) is -0.950. The summed E-state index contributed by atoms with van der Waals surface area (Å²) in [7, 11) is 1.60. The first-order valence-electron chi connectivity index (χ1n) is 9.73. The number of halogens is 4. The van der Waals surface area contributed by atoms with Crippen molar-refractivity contribution in [2.24, 2.45) is 12.0 Å². The molecule has 0 saturated carbocycles. The minimum Gasteiger partial charge on any atom is -0.345 e. The van der Waals surface area contributed by atoms with Crippen LogP contribution in [0, 0.1) is 5.82 Å². The second-order valence-electron chi connectivity index (χ2n) is 7.60. The number of benzene rings is 1. The Balaban J connectivity index is 1.64. The molecule has 2 aliphatic rings. The zero-order valence-corrected chi connectivity index (χ0v) is 17.4. The van der Waals surface area contributed by atoms with Crippen molar-refractivity contribution >= 4 is 17.3 Å². The topological polar surface area (TPSA) is 88.3 Å². The van der Waals surface area contributed by atoms with Crippen molar-refractivity contribution in [1.82, 2.24) is 30.4 Å². The molecule has 1 aromatic carbocycles. The predicted molar refractivity (Wildman–Crippen MR) is 106 cm³/mol. The zero-order chi connectivity index (χ0) is 23.2. The Labute approximate surface area is 180 Å². The van der Waals surface area contributed by atoms with Crippen LogP contribution in [0.4, 0.5) is 17.6 Å². The zero-order valence-electron chi connectivity index (χ0n) is 17.4. The summed E-state index contributed by atoms with van der Waals surface area (Å²) in [5.74, 6) is -1.31. The summed E-state index contributed by atoms with van der Waals surface area (Å²) < 4.78 is 53.7. The molecule has 8 nitrogen and oxygen atoms in total. The Hall–Kier alpha value is -3.57. The lowest BCUT2D eigenvalue weighted by molar-refractivity contribution is -0.140. The molecule has 0 saturated heterocycles. The van der Waals surface area contributed by atoms with E-state index >= 15 is 0 Å². The maximum absolute atomic E-state index is 14.5. The number of alkyl halides is 3. The van der Waals surface area contributed by atoms with Gasteiger partial charge in [0.2, 0.25) is 5.82 Å². The number of carbonyl (C=O) groups excluding carboxylic acids is 1. The molecule has 2 atom stereocenters. The number of fused-ring (bicyclic) bond motifs is 1. The maximum Gasteiger partial charge on any atom is 0.419 e. The molecule has 32 heavy (non-hydrogen) atoms. The van der Waals surface area contributed by atoms with Gasteiger partial charge in [0.25, 0.3) is 5.91 Å². The Morgan fingerprint density at radius 2 is 2.06 bits per heavy atom. The van der Waals surface area contributed by atoms with Gasteiger partial charge in [-0.15, -0.1) is 10.2 Å². The number of aromatic nitrogens is 4. The van der Waals surface area contributed by atoms with Gasteiger partial charge in [0.1, 0.15) is 11.7 Å². The average molecular weight is 449 g/mol. The third-order valence-electron chi connectivity index (χ3n) is 5.07. The summed E-state index contributed by atoms with van der Waals surface area (Å²) in [6.07, 6.45) is -1.55. The molecular formula is C20H19F4N7O. The highest BCUT2D eigenvalue weighted by atomic mass is 19.4. The number of tetrazole rings is 1. The number of amidine groups is 1. The van der Waals surface area contributed by atoms with Crippen molar-refractivity contribution in [3.05, 3.63) is 58.8 Å². The van der Waals surface area contributed by atoms with E-state index in [1.807, 2.05) is 6.92 Å². The third kappa shape index (κ3) is 3.99. The fourth-order valence-corrected chi connectivity index (χ4v) is 3.60. The van der Waals surface area contributed by atoms with Gasteiger partial charge in [-0.05, 0) is 31.2 Å². The molecule has 2 aliphatic heterocycles. The van der Waals surface area contributed by atoms with E-state index in [0.29, 0.717) is 29.8 Å². The molecule has 3 heterocycles. The number of allylic oxidation sites excluding steroid dienone is 2. The normalized spacial score (nSPS) is 19.2. The SMILES string of the molecule is C[C@@H]1CN2C=C(c3nnn(C)n3)C=C(C(=O)N[C@H](C)c3cccc(C(F)(F)F)c3F)C2=N1. The largest absolute Gasteiger partial charge is 0.419 e. The highest BCUT2D eigenvalue weighted by Gasteiger charge is 2.36. The van der Waals surface area contributed by atoms with Crippen molar-refractivity contribution in [1.29, 1.82) is 0 Å². The van der Waals surface area contributed by atoms with Crippen molar-refractivity contribution < 1.29 is 22.4 Å². The van der Waals surface area contributed by atoms with E-state index in [4.69, 9.17) is 0 Å². The summed E-state index contributed by atoms with van der Waals surface area (Å²) in [5, 5.41) is 14.5. The lowest BCUT2D eigenvalue weighted by Gasteiger charge is -2.24. The van der Waals surface area contributed by atoms with Crippen molar-refractivity contribution in [2.75, 3.05) is 6.54 Å². The van der Waals surface area contributed by atoms with Gasteiger partial charge in [0, 0.05) is 23.9 Å². The highest BCUT2D eigenvalue weighted by molar-refractivity contribution is 6.24. The van der Waals surface area contributed by atoms with Crippen LogP contribution in [-0.4, -0.2) is 49.4 Å². The number of amides is 1. The third-order valence-corrected chi connectivity index (χ3v) is 5.07. The maximum atomic E-state index is 14.5. The molecule has 168 valence electrons. The quantitative estimate of drug-likeness (QED) is 0.726. The molecule has 0 radical (unpaired) electrons. The molecule has 0 bridgehead atoms. The van der Waals surface area contributed by atoms with E-state index in [0.717, 1.165) is 6.07 Å². The van der Waals surface area contributed by atoms with Crippen LogP contribution in [0.25, 0.3) is 5.57 Å². The Morgan fingerprint density at radius 3 is 2.72 bits per heavy atom. The van der Waals surface area contributed by atoms with E-state index in [1.165, 1.54) is 23.9 Å². The van der Waals surface area contributed by atoms with Crippen LogP contribution < -0.4 is 5.32 Å². The predicted octanol–water partition coefficient (Wildman–Crippen LogP) is 2.63. The van der Waals surface area contributed by atoms with Crippen LogP contribution in [0.15, 0.2) is 41.0 Å². The van der Waals surface area contributed by atoms with E-state index < -0.39 is 29.5 Å². The van der Waals surface area contributed by atoms with Crippen LogP contribution in [0.1, 0.15) is 36.8 Å². The van der Waals surface area contributed by atoms with E-state index in [-0.39, 0.29) is 17.2 Å². The molecule has 1 N–H and O–H groups in total. The molecular weight excluding hydrogens is 430 g/mol. The summed E-state index contributed by atoms with van der Waals surface area (Å²) in [6, 6.07) is 1.87. The monoisotopic (exact) mass is 449 g/mol. The van der Waals surface area contributed by atoms with Gasteiger partial charge < -0.3 is 10.2 Å². The number of aryl methyl sites for hydroxylation is 1. The van der Waals surface area contributed by atoms with Crippen LogP contribution in [0.5, 0.6) is 0 Å². The number of aliphatic imine (C=N–C) groups is 1. The van der Waals surface area contributed by atoms with Crippen molar-refractivity contribution in [3.8, 4) is 0 Å². The van der Waals surface area contributed by atoms with Crippen LogP contribution in [0.3, 0.4) is 0 Å². The minimum atomic E-state index is -4.84. The molecule has 0 unspecified atom stereocenters. The second-order valence-corrected chi connectivity index (χ2v) is 7.60. The number of hydrogen-bond acceptors (Lipinski definition) is 6. The summed E-state index contributed by atoms with van der Waals surface area (Å²) in [4.78, 5) is 20.6. The van der Waals surface area contributed by atoms with Gasteiger partial charge in [0.05, 0.1) is 30.3 Å². The Kier molecular flexibility index (Phi) is 5.31. The van der Waals surface area contributed by atoms with E-state index in [1.54, 1.807) is 18.1 Å². The smallest absolute Gasteiger partial charge is 0.345 e. The number of nitrogens with zero attached hydrogens (tertiary/aromatic N) is 6. The molecule has 4 rings (SSSR count). The first kappa shape index (κ1) is 21.7. The van der Waals surface area contributed by atoms with Crippen LogP contribution in [0.2, 0.25) is 0 Å². The fraction of sp³-hybridized carbons (Fsp3) is 0.350. The summed E-state index contributed by atoms with van der Waals surface area (Å²) in [6.45, 7) is 3.83. The highest BCUT2D eigenvalue weighted by Crippen LogP contribution is 2.34. The summed E-state index contributed by atoms with van der Waals surface area (Å²) >= 11 is 0. The molecule has 0 aliphatic carbocycles. The van der Waals surface area contributed by atoms with Crippen molar-refractivity contribution in [3.63, 3.8) is 0 Å². The standard InChI is InChI=1S/C20H19F4N7O/c1-10-8-31-9-12(17-27-29-30(3)28-17)7-14(18(31)25-10)19(32)26-11(2)13-5-4-6-15(16(13)21)20(22,23)24/h4-7,9-11H,8H2,1-3H3,(H,26,32)/t10-,11-/m1/s1. The lowest BCUT2D eigenvalue weighted by Crippen LogP contribution is -2.37. The molecule has 1 amide bonds. The van der Waals surface area contributed by atoms with Gasteiger partial charge >= 0.3 is 6.18 Å². The van der Waals surface area contributed by atoms with Crippen LogP contribution >= 0.6 is 0 Å². The first-order valence-corrected chi connectivity index (χ1v) is 9.73. The number of rotatable bonds is 4. The molecule has 12 heteroatoms. The van der Waals surface area contributed by atoms with Gasteiger partial charge in [-0.2, -0.15) is 18.0 Å². The van der Waals surface area contributed by atoms with Crippen LogP contribution in [-0.2, 0) is 18.0 Å². The molecule has 0 fully saturated rings. The van der Waals surface area contributed by atoms with Gasteiger partial charge in [-0.3, -0.25) is 9.79 Å². The Bertz CT molecular complexity index is 1160. The van der Waals surface area contributed by atoms with Gasteiger partial charge in [-0.25, -0.2) is 4.39 Å².